The SMILES string of the molecule is CCN(CC)CCOc1nc(N)nc(OCC(C)C)c1N. The van der Waals surface area contributed by atoms with Gasteiger partial charge in [-0.3, -0.25) is 0 Å². The van der Waals surface area contributed by atoms with Gasteiger partial charge in [0.05, 0.1) is 6.61 Å². The molecule has 0 aliphatic carbocycles. The summed E-state index contributed by atoms with van der Waals surface area (Å²) >= 11 is 0. The fraction of sp³-hybridized carbons (Fsp3) is 0.714. The van der Waals surface area contributed by atoms with Crippen LogP contribution in [-0.2, 0) is 0 Å². The van der Waals surface area contributed by atoms with Crippen LogP contribution in [0.25, 0.3) is 0 Å². The molecule has 1 rings (SSSR count). The molecule has 120 valence electrons. The number of ether oxygens (including phenoxy) is 2. The molecule has 1 aromatic rings. The highest BCUT2D eigenvalue weighted by molar-refractivity contribution is 5.58. The minimum absolute atomic E-state index is 0.0980. The van der Waals surface area contributed by atoms with Crippen LogP contribution in [0.4, 0.5) is 11.6 Å². The van der Waals surface area contributed by atoms with Crippen LogP contribution in [0.15, 0.2) is 0 Å². The lowest BCUT2D eigenvalue weighted by Gasteiger charge is -2.18. The van der Waals surface area contributed by atoms with Gasteiger partial charge in [-0.05, 0) is 19.0 Å². The zero-order valence-corrected chi connectivity index (χ0v) is 13.4. The van der Waals surface area contributed by atoms with Gasteiger partial charge in [0.15, 0.2) is 5.69 Å². The van der Waals surface area contributed by atoms with Crippen LogP contribution in [0, 0.1) is 5.92 Å². The normalized spacial score (nSPS) is 11.1. The summed E-state index contributed by atoms with van der Waals surface area (Å²) < 4.78 is 11.2. The number of nitrogens with zero attached hydrogens (tertiary/aromatic N) is 3. The molecule has 0 spiro atoms. The van der Waals surface area contributed by atoms with Crippen molar-refractivity contribution in [2.45, 2.75) is 27.7 Å². The van der Waals surface area contributed by atoms with Gasteiger partial charge in [-0.1, -0.05) is 27.7 Å². The molecule has 0 aliphatic heterocycles. The smallest absolute Gasteiger partial charge is 0.246 e. The molecule has 1 aromatic heterocycles. The summed E-state index contributed by atoms with van der Waals surface area (Å²) in [6.45, 7) is 12.1. The van der Waals surface area contributed by atoms with Gasteiger partial charge >= 0.3 is 0 Å². The Balaban J connectivity index is 2.69. The monoisotopic (exact) mass is 297 g/mol. The van der Waals surface area contributed by atoms with Crippen molar-refractivity contribution in [2.24, 2.45) is 5.92 Å². The van der Waals surface area contributed by atoms with E-state index in [1.165, 1.54) is 0 Å². The number of nitrogens with two attached hydrogens (primary N) is 2. The number of likely N-dealkylation sites (N-methyl/N-ethyl adjacent to an activating group) is 1. The topological polar surface area (TPSA) is 99.5 Å². The van der Waals surface area contributed by atoms with Crippen molar-refractivity contribution in [3.8, 4) is 11.8 Å². The molecule has 0 unspecified atom stereocenters. The van der Waals surface area contributed by atoms with Crippen molar-refractivity contribution in [1.29, 1.82) is 0 Å². The first-order chi connectivity index (χ1) is 9.97. The molecule has 0 aromatic carbocycles. The van der Waals surface area contributed by atoms with E-state index in [0.717, 1.165) is 19.6 Å². The third kappa shape index (κ3) is 5.63. The Morgan fingerprint density at radius 2 is 1.62 bits per heavy atom. The molecule has 0 bridgehead atoms. The molecule has 0 fully saturated rings. The van der Waals surface area contributed by atoms with E-state index in [1.807, 2.05) is 13.8 Å². The summed E-state index contributed by atoms with van der Waals surface area (Å²) in [5, 5.41) is 0. The Labute approximate surface area is 126 Å². The fourth-order valence-corrected chi connectivity index (χ4v) is 1.72. The lowest BCUT2D eigenvalue weighted by Crippen LogP contribution is -2.28. The summed E-state index contributed by atoms with van der Waals surface area (Å²) in [6.07, 6.45) is 0. The molecular weight excluding hydrogens is 270 g/mol. The van der Waals surface area contributed by atoms with E-state index in [0.29, 0.717) is 24.8 Å². The van der Waals surface area contributed by atoms with Gasteiger partial charge in [-0.15, -0.1) is 0 Å². The molecule has 0 saturated heterocycles. The zero-order valence-electron chi connectivity index (χ0n) is 13.4. The fourth-order valence-electron chi connectivity index (χ4n) is 1.72. The van der Waals surface area contributed by atoms with Crippen LogP contribution in [0.1, 0.15) is 27.7 Å². The summed E-state index contributed by atoms with van der Waals surface area (Å²) in [5.41, 5.74) is 11.9. The highest BCUT2D eigenvalue weighted by Gasteiger charge is 2.14. The molecule has 1 heterocycles. The molecule has 21 heavy (non-hydrogen) atoms. The summed E-state index contributed by atoms with van der Waals surface area (Å²) in [7, 11) is 0. The van der Waals surface area contributed by atoms with E-state index in [4.69, 9.17) is 20.9 Å². The van der Waals surface area contributed by atoms with Crippen molar-refractivity contribution in [1.82, 2.24) is 14.9 Å². The molecule has 0 atom stereocenters. The highest BCUT2D eigenvalue weighted by Crippen LogP contribution is 2.29. The van der Waals surface area contributed by atoms with E-state index < -0.39 is 0 Å². The van der Waals surface area contributed by atoms with Crippen molar-refractivity contribution in [3.05, 3.63) is 0 Å². The zero-order chi connectivity index (χ0) is 15.8. The van der Waals surface area contributed by atoms with Gasteiger partial charge in [0.1, 0.15) is 6.61 Å². The number of hydrogen-bond acceptors (Lipinski definition) is 7. The lowest BCUT2D eigenvalue weighted by molar-refractivity contribution is 0.216. The average Bonchev–Trinajstić information content (AvgIpc) is 2.45. The second-order valence-electron chi connectivity index (χ2n) is 5.19. The number of rotatable bonds is 9. The van der Waals surface area contributed by atoms with Crippen molar-refractivity contribution in [2.75, 3.05) is 44.3 Å². The second kappa shape index (κ2) is 8.51. The molecule has 0 saturated carbocycles. The van der Waals surface area contributed by atoms with Crippen LogP contribution in [0.2, 0.25) is 0 Å². The highest BCUT2D eigenvalue weighted by atomic mass is 16.5. The Morgan fingerprint density at radius 1 is 1.05 bits per heavy atom. The van der Waals surface area contributed by atoms with E-state index in [1.54, 1.807) is 0 Å². The van der Waals surface area contributed by atoms with Crippen LogP contribution < -0.4 is 20.9 Å². The molecule has 4 N–H and O–H groups in total. The van der Waals surface area contributed by atoms with Crippen LogP contribution in [0.5, 0.6) is 11.8 Å². The predicted molar refractivity (Wildman–Crippen MR) is 84.5 cm³/mol. The molecule has 0 radical (unpaired) electrons. The van der Waals surface area contributed by atoms with E-state index >= 15 is 0 Å². The Hall–Kier alpha value is -1.76. The van der Waals surface area contributed by atoms with Gasteiger partial charge in [-0.25, -0.2) is 0 Å². The summed E-state index contributed by atoms with van der Waals surface area (Å²) in [4.78, 5) is 10.3. The van der Waals surface area contributed by atoms with E-state index in [2.05, 4.69) is 28.7 Å². The van der Waals surface area contributed by atoms with Crippen LogP contribution in [0.3, 0.4) is 0 Å². The molecule has 0 amide bonds. The first-order valence-corrected chi connectivity index (χ1v) is 7.38. The number of nitrogen functional groups attached to an aromatic ring is 2. The number of anilines is 2. The maximum Gasteiger partial charge on any atom is 0.246 e. The predicted octanol–water partition coefficient (Wildman–Crippen LogP) is 1.40. The second-order valence-corrected chi connectivity index (χ2v) is 5.19. The maximum atomic E-state index is 5.98. The van der Waals surface area contributed by atoms with Gasteiger partial charge < -0.3 is 25.8 Å². The Bertz CT molecular complexity index is 436. The Morgan fingerprint density at radius 3 is 2.14 bits per heavy atom. The Kier molecular flexibility index (Phi) is 7.01. The van der Waals surface area contributed by atoms with Gasteiger partial charge in [0, 0.05) is 6.54 Å². The minimum atomic E-state index is 0.0980. The van der Waals surface area contributed by atoms with Gasteiger partial charge in [0.2, 0.25) is 17.7 Å². The third-order valence-corrected chi connectivity index (χ3v) is 2.99. The standard InChI is InChI=1S/C14H27N5O2/c1-5-19(6-2)7-8-20-12-11(15)13(18-14(16)17-12)21-9-10(3)4/h10H,5-9,15H2,1-4H3,(H2,16,17,18). The van der Waals surface area contributed by atoms with Crippen molar-refractivity contribution in [3.63, 3.8) is 0 Å². The van der Waals surface area contributed by atoms with Gasteiger partial charge in [0.25, 0.3) is 0 Å². The quantitative estimate of drug-likeness (QED) is 0.710. The van der Waals surface area contributed by atoms with Crippen molar-refractivity contribution < 1.29 is 9.47 Å². The summed E-state index contributed by atoms with van der Waals surface area (Å²) in [6, 6.07) is 0. The molecular formula is C14H27N5O2. The first kappa shape index (κ1) is 17.3. The molecule has 7 nitrogen and oxygen atoms in total. The van der Waals surface area contributed by atoms with Crippen molar-refractivity contribution >= 4 is 11.6 Å². The molecule has 0 aliphatic rings. The lowest BCUT2D eigenvalue weighted by atomic mass is 10.2. The van der Waals surface area contributed by atoms with Crippen LogP contribution in [-0.4, -0.2) is 47.7 Å². The first-order valence-electron chi connectivity index (χ1n) is 7.38. The van der Waals surface area contributed by atoms with E-state index in [9.17, 15) is 0 Å². The minimum Gasteiger partial charge on any atom is -0.476 e. The largest absolute Gasteiger partial charge is 0.476 e. The number of hydrogen-bond donors (Lipinski definition) is 2. The summed E-state index contributed by atoms with van der Waals surface area (Å²) in [5.74, 6) is 1.04. The maximum absolute atomic E-state index is 5.98. The number of aromatic nitrogens is 2. The van der Waals surface area contributed by atoms with Gasteiger partial charge in [-0.2, -0.15) is 9.97 Å². The average molecular weight is 297 g/mol. The van der Waals surface area contributed by atoms with E-state index in [-0.39, 0.29) is 17.7 Å². The molecule has 7 heteroatoms. The van der Waals surface area contributed by atoms with Crippen LogP contribution >= 0.6 is 0 Å². The third-order valence-electron chi connectivity index (χ3n) is 2.99.